The lowest BCUT2D eigenvalue weighted by Gasteiger charge is -2.28. The van der Waals surface area contributed by atoms with Crippen molar-refractivity contribution in [1.29, 1.82) is 0 Å². The van der Waals surface area contributed by atoms with Gasteiger partial charge in [-0.1, -0.05) is 6.92 Å². The zero-order chi connectivity index (χ0) is 12.6. The minimum Gasteiger partial charge on any atom is -0.317 e. The van der Waals surface area contributed by atoms with Crippen LogP contribution in [0.4, 0.5) is 8.78 Å². The van der Waals surface area contributed by atoms with E-state index in [0.717, 1.165) is 32.6 Å². The zero-order valence-electron chi connectivity index (χ0n) is 10.9. The average molecular weight is 248 g/mol. The van der Waals surface area contributed by atoms with Gasteiger partial charge in [-0.05, 0) is 57.8 Å². The molecule has 1 saturated carbocycles. The summed E-state index contributed by atoms with van der Waals surface area (Å²) in [7, 11) is 0. The van der Waals surface area contributed by atoms with Gasteiger partial charge in [0.1, 0.15) is 0 Å². The third-order valence-electron chi connectivity index (χ3n) is 3.40. The van der Waals surface area contributed by atoms with Crippen molar-refractivity contribution in [2.45, 2.75) is 51.4 Å². The van der Waals surface area contributed by atoms with E-state index in [1.54, 1.807) is 0 Å². The Bertz CT molecular complexity index is 188. The van der Waals surface area contributed by atoms with Gasteiger partial charge in [-0.15, -0.1) is 0 Å². The summed E-state index contributed by atoms with van der Waals surface area (Å²) in [6.45, 7) is 6.18. The van der Waals surface area contributed by atoms with Crippen LogP contribution in [0.25, 0.3) is 0 Å². The summed E-state index contributed by atoms with van der Waals surface area (Å²) >= 11 is 0. The summed E-state index contributed by atoms with van der Waals surface area (Å²) < 4.78 is 25.8. The Hall–Kier alpha value is -0.220. The second-order valence-electron chi connectivity index (χ2n) is 5.11. The Morgan fingerprint density at radius 2 is 1.71 bits per heavy atom. The van der Waals surface area contributed by atoms with E-state index < -0.39 is 5.92 Å². The molecule has 0 atom stereocenters. The molecule has 1 rings (SSSR count). The smallest absolute Gasteiger partial charge is 0.248 e. The molecular weight excluding hydrogens is 222 g/mol. The summed E-state index contributed by atoms with van der Waals surface area (Å²) in [5, 5.41) is 6.72. The van der Waals surface area contributed by atoms with E-state index in [4.69, 9.17) is 0 Å². The van der Waals surface area contributed by atoms with Gasteiger partial charge in [0.25, 0.3) is 0 Å². The SMILES string of the molecule is CCCNCCCNCC1CCC(F)(F)CC1. The van der Waals surface area contributed by atoms with E-state index >= 15 is 0 Å². The maximum absolute atomic E-state index is 12.9. The largest absolute Gasteiger partial charge is 0.317 e. The van der Waals surface area contributed by atoms with Crippen LogP contribution in [0.5, 0.6) is 0 Å². The molecule has 4 heteroatoms. The van der Waals surface area contributed by atoms with Gasteiger partial charge in [0.2, 0.25) is 5.92 Å². The molecule has 1 aliphatic rings. The normalized spacial score (nSPS) is 20.6. The number of rotatable bonds is 8. The Morgan fingerprint density at radius 3 is 2.35 bits per heavy atom. The van der Waals surface area contributed by atoms with Crippen LogP contribution in [-0.2, 0) is 0 Å². The fourth-order valence-electron chi connectivity index (χ4n) is 2.25. The topological polar surface area (TPSA) is 24.1 Å². The molecule has 2 N–H and O–H groups in total. The maximum atomic E-state index is 12.9. The van der Waals surface area contributed by atoms with Gasteiger partial charge in [-0.25, -0.2) is 8.78 Å². The van der Waals surface area contributed by atoms with Crippen LogP contribution in [0.3, 0.4) is 0 Å². The molecule has 102 valence electrons. The predicted octanol–water partition coefficient (Wildman–Crippen LogP) is 2.79. The molecule has 1 fully saturated rings. The van der Waals surface area contributed by atoms with Gasteiger partial charge in [-0.2, -0.15) is 0 Å². The van der Waals surface area contributed by atoms with Crippen molar-refractivity contribution in [1.82, 2.24) is 10.6 Å². The molecule has 1 aliphatic carbocycles. The van der Waals surface area contributed by atoms with Gasteiger partial charge in [-0.3, -0.25) is 0 Å². The molecule has 0 radical (unpaired) electrons. The highest BCUT2D eigenvalue weighted by Gasteiger charge is 2.34. The molecule has 0 heterocycles. The standard InChI is InChI=1S/C13H26F2N2/c1-2-8-16-9-3-10-17-11-12-4-6-13(14,15)7-5-12/h12,16-17H,2-11H2,1H3. The lowest BCUT2D eigenvalue weighted by Crippen LogP contribution is -2.32. The second kappa shape index (κ2) is 7.98. The van der Waals surface area contributed by atoms with Crippen molar-refractivity contribution in [2.24, 2.45) is 5.92 Å². The predicted molar refractivity (Wildman–Crippen MR) is 67.6 cm³/mol. The number of halogens is 2. The van der Waals surface area contributed by atoms with Crippen molar-refractivity contribution in [3.63, 3.8) is 0 Å². The van der Waals surface area contributed by atoms with Crippen LogP contribution in [0, 0.1) is 5.92 Å². The first-order chi connectivity index (χ1) is 8.14. The van der Waals surface area contributed by atoms with E-state index in [9.17, 15) is 8.78 Å². The van der Waals surface area contributed by atoms with Crippen LogP contribution < -0.4 is 10.6 Å². The van der Waals surface area contributed by atoms with Crippen LogP contribution in [-0.4, -0.2) is 32.1 Å². The van der Waals surface area contributed by atoms with Crippen molar-refractivity contribution in [3.8, 4) is 0 Å². The summed E-state index contributed by atoms with van der Waals surface area (Å²) in [6, 6.07) is 0. The minimum absolute atomic E-state index is 0.0808. The van der Waals surface area contributed by atoms with Crippen molar-refractivity contribution < 1.29 is 8.78 Å². The van der Waals surface area contributed by atoms with E-state index in [0.29, 0.717) is 18.8 Å². The maximum Gasteiger partial charge on any atom is 0.248 e. The first-order valence-corrected chi connectivity index (χ1v) is 6.93. The van der Waals surface area contributed by atoms with Crippen molar-refractivity contribution >= 4 is 0 Å². The summed E-state index contributed by atoms with van der Waals surface area (Å²) in [6.07, 6.45) is 3.80. The molecule has 0 saturated heterocycles. The fraction of sp³-hybridized carbons (Fsp3) is 1.00. The molecule has 17 heavy (non-hydrogen) atoms. The van der Waals surface area contributed by atoms with Gasteiger partial charge in [0.05, 0.1) is 0 Å². The monoisotopic (exact) mass is 248 g/mol. The lowest BCUT2D eigenvalue weighted by atomic mass is 9.87. The Labute approximate surface area is 104 Å². The summed E-state index contributed by atoms with van der Waals surface area (Å²) in [5.41, 5.74) is 0. The highest BCUT2D eigenvalue weighted by Crippen LogP contribution is 2.35. The van der Waals surface area contributed by atoms with Crippen LogP contribution in [0.15, 0.2) is 0 Å². The minimum atomic E-state index is -2.39. The van der Waals surface area contributed by atoms with Gasteiger partial charge in [0, 0.05) is 12.8 Å². The Morgan fingerprint density at radius 1 is 1.06 bits per heavy atom. The van der Waals surface area contributed by atoms with Crippen LogP contribution in [0.2, 0.25) is 0 Å². The van der Waals surface area contributed by atoms with Gasteiger partial charge >= 0.3 is 0 Å². The molecule has 0 aromatic rings. The van der Waals surface area contributed by atoms with Gasteiger partial charge < -0.3 is 10.6 Å². The number of hydrogen-bond donors (Lipinski definition) is 2. The summed E-state index contributed by atoms with van der Waals surface area (Å²) in [5.74, 6) is -1.93. The molecule has 0 aromatic carbocycles. The fourth-order valence-corrected chi connectivity index (χ4v) is 2.25. The van der Waals surface area contributed by atoms with E-state index in [2.05, 4.69) is 17.6 Å². The van der Waals surface area contributed by atoms with Gasteiger partial charge in [0.15, 0.2) is 0 Å². The third kappa shape index (κ3) is 6.94. The zero-order valence-corrected chi connectivity index (χ0v) is 10.9. The molecular formula is C13H26F2N2. The quantitative estimate of drug-likeness (QED) is 0.645. The van der Waals surface area contributed by atoms with Crippen LogP contribution in [0.1, 0.15) is 45.4 Å². The van der Waals surface area contributed by atoms with Crippen LogP contribution >= 0.6 is 0 Å². The Kier molecular flexibility index (Phi) is 6.97. The van der Waals surface area contributed by atoms with E-state index in [1.807, 2.05) is 0 Å². The number of hydrogen-bond acceptors (Lipinski definition) is 2. The highest BCUT2D eigenvalue weighted by atomic mass is 19.3. The third-order valence-corrected chi connectivity index (χ3v) is 3.40. The number of alkyl halides is 2. The van der Waals surface area contributed by atoms with Crippen molar-refractivity contribution in [3.05, 3.63) is 0 Å². The molecule has 2 nitrogen and oxygen atoms in total. The molecule has 0 aliphatic heterocycles. The molecule has 0 amide bonds. The molecule has 0 bridgehead atoms. The van der Waals surface area contributed by atoms with E-state index in [1.165, 1.54) is 6.42 Å². The second-order valence-corrected chi connectivity index (χ2v) is 5.11. The lowest BCUT2D eigenvalue weighted by molar-refractivity contribution is -0.0454. The number of nitrogens with one attached hydrogen (secondary N) is 2. The molecule has 0 aromatic heterocycles. The van der Waals surface area contributed by atoms with E-state index in [-0.39, 0.29) is 12.8 Å². The molecule has 0 unspecified atom stereocenters. The first kappa shape index (κ1) is 14.8. The highest BCUT2D eigenvalue weighted by molar-refractivity contribution is 4.78. The summed E-state index contributed by atoms with van der Waals surface area (Å²) in [4.78, 5) is 0. The molecule has 0 spiro atoms. The first-order valence-electron chi connectivity index (χ1n) is 6.93. The Balaban J connectivity index is 1.90. The van der Waals surface area contributed by atoms with Crippen molar-refractivity contribution in [2.75, 3.05) is 26.2 Å². The average Bonchev–Trinajstić information content (AvgIpc) is 2.30.